The van der Waals surface area contributed by atoms with E-state index in [1.807, 2.05) is 18.2 Å². The quantitative estimate of drug-likeness (QED) is 0.483. The number of carbonyl (C=O) groups is 1. The summed E-state index contributed by atoms with van der Waals surface area (Å²) >= 11 is 0. The van der Waals surface area contributed by atoms with E-state index in [1.165, 1.54) is 51.7 Å². The van der Waals surface area contributed by atoms with Crippen LogP contribution >= 0.6 is 0 Å². The number of ether oxygens (including phenoxy) is 3. The van der Waals surface area contributed by atoms with Crippen molar-refractivity contribution in [2.24, 2.45) is 0 Å². The first-order chi connectivity index (χ1) is 15.8. The number of methoxy groups -OCH3 is 3. The van der Waals surface area contributed by atoms with Gasteiger partial charge in [0.25, 0.3) is 15.9 Å². The van der Waals surface area contributed by atoms with Crippen molar-refractivity contribution in [2.75, 3.05) is 31.4 Å². The highest BCUT2D eigenvalue weighted by Crippen LogP contribution is 2.40. The van der Waals surface area contributed by atoms with Crippen molar-refractivity contribution in [2.45, 2.75) is 0 Å². The van der Waals surface area contributed by atoms with Gasteiger partial charge in [-0.15, -0.1) is 0 Å². The molecule has 2 N–H and O–H groups in total. The van der Waals surface area contributed by atoms with Gasteiger partial charge in [-0.2, -0.15) is 0 Å². The molecule has 3 aromatic carbocycles. The van der Waals surface area contributed by atoms with Gasteiger partial charge in [-0.1, -0.05) is 30.3 Å². The molecule has 0 heterocycles. The van der Waals surface area contributed by atoms with Crippen molar-refractivity contribution in [3.8, 4) is 17.2 Å². The molecule has 8 nitrogen and oxygen atoms in total. The van der Waals surface area contributed by atoms with Crippen molar-refractivity contribution in [1.82, 2.24) is 0 Å². The van der Waals surface area contributed by atoms with Crippen LogP contribution in [0.3, 0.4) is 0 Å². The maximum Gasteiger partial charge on any atom is 0.255 e. The highest BCUT2D eigenvalue weighted by molar-refractivity contribution is 7.95. The summed E-state index contributed by atoms with van der Waals surface area (Å²) in [6.07, 6.45) is 1.50. The fourth-order valence-electron chi connectivity index (χ4n) is 2.98. The average Bonchev–Trinajstić information content (AvgIpc) is 2.83. The minimum atomic E-state index is -3.71. The molecule has 1 amide bonds. The highest BCUT2D eigenvalue weighted by atomic mass is 32.2. The van der Waals surface area contributed by atoms with Gasteiger partial charge in [0.1, 0.15) is 0 Å². The smallest absolute Gasteiger partial charge is 0.255 e. The number of rotatable bonds is 9. The van der Waals surface area contributed by atoms with E-state index in [4.69, 9.17) is 14.2 Å². The lowest BCUT2D eigenvalue weighted by molar-refractivity contribution is 0.102. The van der Waals surface area contributed by atoms with Crippen molar-refractivity contribution in [3.05, 3.63) is 83.3 Å². The number of benzene rings is 3. The zero-order valence-corrected chi connectivity index (χ0v) is 19.2. The second kappa shape index (κ2) is 10.6. The van der Waals surface area contributed by atoms with Gasteiger partial charge in [0, 0.05) is 29.1 Å². The molecule has 0 atom stereocenters. The van der Waals surface area contributed by atoms with E-state index in [-0.39, 0.29) is 5.91 Å². The lowest BCUT2D eigenvalue weighted by Gasteiger charge is -2.14. The molecule has 0 unspecified atom stereocenters. The maximum atomic E-state index is 12.6. The number of sulfonamides is 1. The molecule has 33 heavy (non-hydrogen) atoms. The van der Waals surface area contributed by atoms with Crippen LogP contribution in [0.5, 0.6) is 17.2 Å². The van der Waals surface area contributed by atoms with Gasteiger partial charge in [-0.3, -0.25) is 9.52 Å². The lowest BCUT2D eigenvalue weighted by atomic mass is 10.2. The van der Waals surface area contributed by atoms with Crippen molar-refractivity contribution < 1.29 is 27.4 Å². The molecule has 0 spiro atoms. The van der Waals surface area contributed by atoms with Crippen LogP contribution in [0.25, 0.3) is 6.08 Å². The lowest BCUT2D eigenvalue weighted by Crippen LogP contribution is -2.13. The summed E-state index contributed by atoms with van der Waals surface area (Å²) in [4.78, 5) is 12.6. The Balaban J connectivity index is 1.70. The first kappa shape index (κ1) is 23.7. The van der Waals surface area contributed by atoms with Crippen molar-refractivity contribution in [3.63, 3.8) is 0 Å². The Bertz CT molecular complexity index is 1210. The van der Waals surface area contributed by atoms with Crippen LogP contribution in [0.1, 0.15) is 15.9 Å². The third kappa shape index (κ3) is 6.27. The summed E-state index contributed by atoms with van der Waals surface area (Å²) < 4.78 is 42.9. The standard InChI is InChI=1S/C24H24N2O6S/c1-30-21-15-20(16-22(31-2)23(21)32-3)25-24(27)18-9-11-19(12-10-18)26-33(28,29)14-13-17-7-5-4-6-8-17/h4-16,26H,1-3H3,(H,25,27)/b14-13+. The molecule has 3 rings (SSSR count). The molecule has 172 valence electrons. The molecule has 0 saturated carbocycles. The van der Waals surface area contributed by atoms with E-state index in [9.17, 15) is 13.2 Å². The maximum absolute atomic E-state index is 12.6. The van der Waals surface area contributed by atoms with Gasteiger partial charge in [0.05, 0.1) is 26.7 Å². The number of hydrogen-bond acceptors (Lipinski definition) is 6. The molecular formula is C24H24N2O6S. The molecule has 0 aromatic heterocycles. The van der Waals surface area contributed by atoms with Gasteiger partial charge in [0.15, 0.2) is 11.5 Å². The Morgan fingerprint density at radius 1 is 0.818 bits per heavy atom. The average molecular weight is 469 g/mol. The zero-order valence-electron chi connectivity index (χ0n) is 18.4. The number of carbonyl (C=O) groups excluding carboxylic acids is 1. The third-order valence-electron chi connectivity index (χ3n) is 4.57. The molecule has 0 bridgehead atoms. The first-order valence-electron chi connectivity index (χ1n) is 9.82. The second-order valence-electron chi connectivity index (χ2n) is 6.81. The van der Waals surface area contributed by atoms with Crippen molar-refractivity contribution in [1.29, 1.82) is 0 Å². The minimum Gasteiger partial charge on any atom is -0.493 e. The number of nitrogens with one attached hydrogen (secondary N) is 2. The zero-order chi connectivity index (χ0) is 23.8. The molecular weight excluding hydrogens is 444 g/mol. The monoisotopic (exact) mass is 468 g/mol. The Morgan fingerprint density at radius 3 is 1.97 bits per heavy atom. The Morgan fingerprint density at radius 2 is 1.42 bits per heavy atom. The normalized spacial score (nSPS) is 11.1. The second-order valence-corrected chi connectivity index (χ2v) is 8.37. The van der Waals surface area contributed by atoms with Crippen LogP contribution in [-0.2, 0) is 10.0 Å². The van der Waals surface area contributed by atoms with E-state index in [0.717, 1.165) is 11.0 Å². The van der Waals surface area contributed by atoms with Gasteiger partial charge >= 0.3 is 0 Å². The predicted octanol–water partition coefficient (Wildman–Crippen LogP) is 4.38. The van der Waals surface area contributed by atoms with Gasteiger partial charge in [0.2, 0.25) is 5.75 Å². The molecule has 9 heteroatoms. The number of hydrogen-bond donors (Lipinski definition) is 2. The molecule has 0 aliphatic rings. The largest absolute Gasteiger partial charge is 0.493 e. The summed E-state index contributed by atoms with van der Waals surface area (Å²) in [7, 11) is 0.752. The van der Waals surface area contributed by atoms with E-state index in [2.05, 4.69) is 10.0 Å². The van der Waals surface area contributed by atoms with Gasteiger partial charge in [-0.25, -0.2) is 8.42 Å². The predicted molar refractivity (Wildman–Crippen MR) is 129 cm³/mol. The summed E-state index contributed by atoms with van der Waals surface area (Å²) in [6, 6.07) is 18.4. The summed E-state index contributed by atoms with van der Waals surface area (Å²) in [5, 5.41) is 3.85. The summed E-state index contributed by atoms with van der Waals surface area (Å²) in [6.45, 7) is 0. The van der Waals surface area contributed by atoms with Crippen LogP contribution in [0, 0.1) is 0 Å². The summed E-state index contributed by atoms with van der Waals surface area (Å²) in [5.74, 6) is 0.833. The van der Waals surface area contributed by atoms with Crippen LogP contribution in [0.4, 0.5) is 11.4 Å². The number of anilines is 2. The number of amides is 1. The van der Waals surface area contributed by atoms with E-state index < -0.39 is 10.0 Å². The minimum absolute atomic E-state index is 0.331. The van der Waals surface area contributed by atoms with Gasteiger partial charge in [-0.05, 0) is 35.9 Å². The van der Waals surface area contributed by atoms with E-state index in [1.54, 1.807) is 24.3 Å². The Kier molecular flexibility index (Phi) is 7.57. The van der Waals surface area contributed by atoms with Crippen LogP contribution < -0.4 is 24.2 Å². The van der Waals surface area contributed by atoms with Crippen LogP contribution in [-0.4, -0.2) is 35.7 Å². The topological polar surface area (TPSA) is 103 Å². The molecule has 0 radical (unpaired) electrons. The molecule has 0 aliphatic heterocycles. The third-order valence-corrected chi connectivity index (χ3v) is 5.58. The first-order valence-corrected chi connectivity index (χ1v) is 11.4. The fraction of sp³-hybridized carbons (Fsp3) is 0.125. The van der Waals surface area contributed by atoms with E-state index >= 15 is 0 Å². The molecule has 3 aromatic rings. The van der Waals surface area contributed by atoms with Crippen LogP contribution in [0.15, 0.2) is 72.1 Å². The fourth-order valence-corrected chi connectivity index (χ4v) is 3.85. The molecule has 0 fully saturated rings. The SMILES string of the molecule is COc1cc(NC(=O)c2ccc(NS(=O)(=O)/C=C/c3ccccc3)cc2)cc(OC)c1OC. The van der Waals surface area contributed by atoms with Gasteiger partial charge < -0.3 is 19.5 Å². The highest BCUT2D eigenvalue weighted by Gasteiger charge is 2.15. The molecule has 0 aliphatic carbocycles. The Hall–Kier alpha value is -3.98. The van der Waals surface area contributed by atoms with Crippen molar-refractivity contribution >= 4 is 33.4 Å². The molecule has 0 saturated heterocycles. The Labute approximate surface area is 192 Å². The van der Waals surface area contributed by atoms with E-state index in [0.29, 0.717) is 34.2 Å². The summed E-state index contributed by atoms with van der Waals surface area (Å²) in [5.41, 5.74) is 1.88. The van der Waals surface area contributed by atoms with Crippen LogP contribution in [0.2, 0.25) is 0 Å².